The van der Waals surface area contributed by atoms with Crippen LogP contribution in [0.15, 0.2) is 104 Å². The van der Waals surface area contributed by atoms with Gasteiger partial charge in [0.25, 0.3) is 0 Å². The lowest BCUT2D eigenvalue weighted by molar-refractivity contribution is 1.18. The molecule has 0 aliphatic carbocycles. The average Bonchev–Trinajstić information content (AvgIpc) is 3.40. The van der Waals surface area contributed by atoms with Gasteiger partial charge < -0.3 is 4.57 Å². The largest absolute Gasteiger partial charge is 0.309 e. The second-order valence-electron chi connectivity index (χ2n) is 7.94. The number of rotatable bonds is 2. The van der Waals surface area contributed by atoms with Crippen LogP contribution in [0.3, 0.4) is 0 Å². The molecule has 0 atom stereocenters. The molecule has 4 aromatic carbocycles. The number of thiophene rings is 1. The van der Waals surface area contributed by atoms with Gasteiger partial charge in [0.15, 0.2) is 0 Å². The first-order valence-corrected chi connectivity index (χ1v) is 11.4. The summed E-state index contributed by atoms with van der Waals surface area (Å²) in [6.45, 7) is 0. The van der Waals surface area contributed by atoms with E-state index in [1.54, 1.807) is 17.7 Å². The summed E-state index contributed by atoms with van der Waals surface area (Å²) in [5, 5.41) is 3.73. The minimum atomic E-state index is 1.04. The topological polar surface area (TPSA) is 30.7 Å². The van der Waals surface area contributed by atoms with Crippen LogP contribution in [0.2, 0.25) is 0 Å². The number of fused-ring (bicyclic) bond motifs is 7. The number of aromatic nitrogens is 3. The smallest absolute Gasteiger partial charge is 0.116 e. The van der Waals surface area contributed by atoms with E-state index in [0.29, 0.717) is 0 Å². The Morgan fingerprint density at radius 1 is 0.625 bits per heavy atom. The Kier molecular flexibility index (Phi) is 3.72. The SMILES string of the molecule is c1ccc(-c2ccc(-n3c4ccccc4c4c5c(ccc43)sc3cncnc35)cc2)cc1. The molecular formula is C28H17N3S. The summed E-state index contributed by atoms with van der Waals surface area (Å²) in [7, 11) is 0. The summed E-state index contributed by atoms with van der Waals surface area (Å²) in [5.74, 6) is 0. The predicted octanol–water partition coefficient (Wildman–Crippen LogP) is 7.61. The van der Waals surface area contributed by atoms with E-state index in [2.05, 4.69) is 106 Å². The zero-order valence-electron chi connectivity index (χ0n) is 17.1. The van der Waals surface area contributed by atoms with Crippen molar-refractivity contribution in [3.8, 4) is 16.8 Å². The van der Waals surface area contributed by atoms with Crippen LogP contribution in [-0.2, 0) is 0 Å². The molecular weight excluding hydrogens is 410 g/mol. The summed E-state index contributed by atoms with van der Waals surface area (Å²) in [4.78, 5) is 8.87. The molecule has 7 aromatic rings. The Balaban J connectivity index is 1.55. The fraction of sp³-hybridized carbons (Fsp3) is 0. The van der Waals surface area contributed by atoms with Gasteiger partial charge >= 0.3 is 0 Å². The maximum absolute atomic E-state index is 4.64. The predicted molar refractivity (Wildman–Crippen MR) is 135 cm³/mol. The Morgan fingerprint density at radius 3 is 2.28 bits per heavy atom. The standard InChI is InChI=1S/C28H17N3S/c1-2-6-18(7-3-1)19-10-12-20(13-11-19)31-22-9-5-4-8-21(22)26-23(31)14-15-24-27(26)28-25(32-24)16-29-17-30-28/h1-17H. The molecule has 0 spiro atoms. The van der Waals surface area contributed by atoms with Gasteiger partial charge in [-0.25, -0.2) is 9.97 Å². The molecule has 150 valence electrons. The second-order valence-corrected chi connectivity index (χ2v) is 9.02. The molecule has 0 saturated heterocycles. The lowest BCUT2D eigenvalue weighted by atomic mass is 10.1. The lowest BCUT2D eigenvalue weighted by Gasteiger charge is -2.09. The Hall–Kier alpha value is -4.02. The zero-order chi connectivity index (χ0) is 21.1. The first kappa shape index (κ1) is 17.6. The number of hydrogen-bond acceptors (Lipinski definition) is 3. The van der Waals surface area contributed by atoms with Crippen LogP contribution in [0, 0.1) is 0 Å². The molecule has 0 aliphatic heterocycles. The van der Waals surface area contributed by atoms with E-state index < -0.39 is 0 Å². The van der Waals surface area contributed by atoms with Crippen molar-refractivity contribution in [3.63, 3.8) is 0 Å². The molecule has 0 N–H and O–H groups in total. The molecule has 0 fully saturated rings. The molecule has 0 radical (unpaired) electrons. The van der Waals surface area contributed by atoms with Gasteiger partial charge in [0.1, 0.15) is 6.33 Å². The third-order valence-electron chi connectivity index (χ3n) is 6.17. The number of nitrogens with zero attached hydrogens (tertiary/aromatic N) is 3. The van der Waals surface area contributed by atoms with Crippen molar-refractivity contribution in [2.45, 2.75) is 0 Å². The first-order valence-electron chi connectivity index (χ1n) is 10.6. The summed E-state index contributed by atoms with van der Waals surface area (Å²) in [5.41, 5.74) is 7.04. The molecule has 3 aromatic heterocycles. The number of benzene rings is 4. The minimum Gasteiger partial charge on any atom is -0.309 e. The highest BCUT2D eigenvalue weighted by Gasteiger charge is 2.18. The van der Waals surface area contributed by atoms with Crippen molar-refractivity contribution in [2.24, 2.45) is 0 Å². The summed E-state index contributed by atoms with van der Waals surface area (Å²) < 4.78 is 4.73. The van der Waals surface area contributed by atoms with E-state index in [0.717, 1.165) is 15.9 Å². The van der Waals surface area contributed by atoms with Crippen molar-refractivity contribution in [1.82, 2.24) is 14.5 Å². The Labute approximate surface area is 188 Å². The fourth-order valence-corrected chi connectivity index (χ4v) is 5.81. The van der Waals surface area contributed by atoms with E-state index in [1.807, 2.05) is 6.20 Å². The Bertz CT molecular complexity index is 1760. The molecule has 7 rings (SSSR count). The van der Waals surface area contributed by atoms with Crippen molar-refractivity contribution >= 4 is 53.4 Å². The normalized spacial score (nSPS) is 11.8. The van der Waals surface area contributed by atoms with Gasteiger partial charge in [-0.1, -0.05) is 60.7 Å². The Morgan fingerprint density at radius 2 is 1.41 bits per heavy atom. The molecule has 3 heterocycles. The molecule has 0 unspecified atom stereocenters. The van der Waals surface area contributed by atoms with Gasteiger partial charge in [-0.2, -0.15) is 0 Å². The van der Waals surface area contributed by atoms with Gasteiger partial charge in [0.05, 0.1) is 21.3 Å². The van der Waals surface area contributed by atoms with Crippen LogP contribution in [0.1, 0.15) is 0 Å². The van der Waals surface area contributed by atoms with E-state index >= 15 is 0 Å². The molecule has 0 amide bonds. The maximum atomic E-state index is 4.64. The van der Waals surface area contributed by atoms with Gasteiger partial charge in [0.2, 0.25) is 0 Å². The van der Waals surface area contributed by atoms with E-state index in [1.165, 1.54) is 43.0 Å². The van der Waals surface area contributed by atoms with Crippen molar-refractivity contribution in [1.29, 1.82) is 0 Å². The van der Waals surface area contributed by atoms with E-state index in [-0.39, 0.29) is 0 Å². The van der Waals surface area contributed by atoms with Gasteiger partial charge in [-0.05, 0) is 41.5 Å². The first-order chi connectivity index (χ1) is 15.9. The minimum absolute atomic E-state index is 1.04. The van der Waals surface area contributed by atoms with Crippen LogP contribution in [-0.4, -0.2) is 14.5 Å². The third-order valence-corrected chi connectivity index (χ3v) is 7.25. The van der Waals surface area contributed by atoms with E-state index in [9.17, 15) is 0 Å². The highest BCUT2D eigenvalue weighted by molar-refractivity contribution is 7.25. The molecule has 4 heteroatoms. The van der Waals surface area contributed by atoms with Crippen LogP contribution < -0.4 is 0 Å². The lowest BCUT2D eigenvalue weighted by Crippen LogP contribution is -1.93. The third kappa shape index (κ3) is 2.47. The molecule has 0 saturated carbocycles. The molecule has 3 nitrogen and oxygen atoms in total. The summed E-state index contributed by atoms with van der Waals surface area (Å²) in [6.07, 6.45) is 3.56. The highest BCUT2D eigenvalue weighted by Crippen LogP contribution is 2.42. The quantitative estimate of drug-likeness (QED) is 0.284. The number of hydrogen-bond donors (Lipinski definition) is 0. The van der Waals surface area contributed by atoms with Crippen molar-refractivity contribution in [3.05, 3.63) is 104 Å². The molecule has 32 heavy (non-hydrogen) atoms. The molecule has 0 aliphatic rings. The van der Waals surface area contributed by atoms with Gasteiger partial charge in [0, 0.05) is 32.7 Å². The summed E-state index contributed by atoms with van der Waals surface area (Å²) in [6, 6.07) is 32.5. The van der Waals surface area contributed by atoms with Crippen LogP contribution in [0.4, 0.5) is 0 Å². The van der Waals surface area contributed by atoms with Crippen LogP contribution in [0.25, 0.3) is 58.9 Å². The van der Waals surface area contributed by atoms with Crippen LogP contribution >= 0.6 is 11.3 Å². The average molecular weight is 428 g/mol. The monoisotopic (exact) mass is 427 g/mol. The summed E-state index contributed by atoms with van der Waals surface area (Å²) >= 11 is 1.76. The number of para-hydroxylation sites is 1. The van der Waals surface area contributed by atoms with Crippen LogP contribution in [0.5, 0.6) is 0 Å². The maximum Gasteiger partial charge on any atom is 0.116 e. The zero-order valence-corrected chi connectivity index (χ0v) is 17.9. The fourth-order valence-electron chi connectivity index (χ4n) is 4.77. The van der Waals surface area contributed by atoms with Gasteiger partial charge in [-0.15, -0.1) is 11.3 Å². The molecule has 0 bridgehead atoms. The van der Waals surface area contributed by atoms with E-state index in [4.69, 9.17) is 0 Å². The van der Waals surface area contributed by atoms with Gasteiger partial charge in [-0.3, -0.25) is 0 Å². The highest BCUT2D eigenvalue weighted by atomic mass is 32.1. The van der Waals surface area contributed by atoms with Crippen molar-refractivity contribution in [2.75, 3.05) is 0 Å². The second kappa shape index (κ2) is 6.74. The van der Waals surface area contributed by atoms with Crippen molar-refractivity contribution < 1.29 is 0 Å².